The topological polar surface area (TPSA) is 41.1 Å². The van der Waals surface area contributed by atoms with Gasteiger partial charge in [0.15, 0.2) is 0 Å². The minimum absolute atomic E-state index is 0.0966. The zero-order chi connectivity index (χ0) is 16.2. The Labute approximate surface area is 136 Å². The summed E-state index contributed by atoms with van der Waals surface area (Å²) in [4.78, 5) is 12.3. The number of carbonyl (C=O) groups excluding carboxylic acids is 1. The summed E-state index contributed by atoms with van der Waals surface area (Å²) in [6, 6.07) is 15.7. The van der Waals surface area contributed by atoms with E-state index in [1.165, 1.54) is 5.56 Å². The van der Waals surface area contributed by atoms with Crippen molar-refractivity contribution >= 4 is 34.6 Å². The second-order valence-corrected chi connectivity index (χ2v) is 6.28. The summed E-state index contributed by atoms with van der Waals surface area (Å²) in [6.45, 7) is 5.70. The summed E-state index contributed by atoms with van der Waals surface area (Å²) < 4.78 is 0. The first-order valence-corrected chi connectivity index (χ1v) is 7.76. The number of nitrogens with one attached hydrogen (secondary N) is 2. The van der Waals surface area contributed by atoms with Crippen LogP contribution in [0, 0.1) is 12.3 Å². The molecule has 3 nitrogen and oxygen atoms in total. The fraction of sp³-hybridized carbons (Fsp3) is 0.278. The second-order valence-electron chi connectivity index (χ2n) is 6.01. The molecular weight excluding hydrogens is 296 g/mol. The van der Waals surface area contributed by atoms with E-state index in [4.69, 9.17) is 11.6 Å². The smallest absolute Gasteiger partial charge is 0.231 e. The van der Waals surface area contributed by atoms with Gasteiger partial charge in [-0.3, -0.25) is 4.79 Å². The normalized spacial score (nSPS) is 11.1. The molecule has 116 valence electrons. The molecule has 4 heteroatoms. The molecule has 0 aliphatic rings. The van der Waals surface area contributed by atoms with E-state index in [0.717, 1.165) is 17.1 Å². The molecule has 0 aromatic heterocycles. The molecule has 22 heavy (non-hydrogen) atoms. The molecule has 2 aromatic carbocycles. The van der Waals surface area contributed by atoms with Crippen molar-refractivity contribution in [1.29, 1.82) is 0 Å². The van der Waals surface area contributed by atoms with E-state index in [2.05, 4.69) is 10.6 Å². The van der Waals surface area contributed by atoms with Gasteiger partial charge >= 0.3 is 0 Å². The van der Waals surface area contributed by atoms with Gasteiger partial charge in [-0.1, -0.05) is 29.8 Å². The maximum Gasteiger partial charge on any atom is 0.231 e. The van der Waals surface area contributed by atoms with Gasteiger partial charge in [-0.15, -0.1) is 11.6 Å². The molecule has 0 saturated heterocycles. The zero-order valence-corrected chi connectivity index (χ0v) is 13.9. The summed E-state index contributed by atoms with van der Waals surface area (Å²) >= 11 is 5.86. The number of amides is 1. The highest BCUT2D eigenvalue weighted by Gasteiger charge is 2.26. The number of aryl methyl sites for hydroxylation is 1. The summed E-state index contributed by atoms with van der Waals surface area (Å²) in [6.07, 6.45) is 0. The van der Waals surface area contributed by atoms with E-state index in [1.54, 1.807) is 0 Å². The van der Waals surface area contributed by atoms with Crippen LogP contribution in [0.3, 0.4) is 0 Å². The number of anilines is 3. The molecule has 0 radical (unpaired) electrons. The van der Waals surface area contributed by atoms with Gasteiger partial charge < -0.3 is 10.6 Å². The van der Waals surface area contributed by atoms with Crippen molar-refractivity contribution in [2.75, 3.05) is 16.5 Å². The molecule has 0 unspecified atom stereocenters. The van der Waals surface area contributed by atoms with Gasteiger partial charge in [0.25, 0.3) is 0 Å². The first-order valence-electron chi connectivity index (χ1n) is 7.22. The molecule has 2 rings (SSSR count). The van der Waals surface area contributed by atoms with Crippen LogP contribution in [0.25, 0.3) is 0 Å². The van der Waals surface area contributed by atoms with Gasteiger partial charge in [-0.25, -0.2) is 0 Å². The Morgan fingerprint density at radius 3 is 2.23 bits per heavy atom. The molecule has 1 amide bonds. The third kappa shape index (κ3) is 4.01. The molecule has 0 atom stereocenters. The van der Waals surface area contributed by atoms with Crippen LogP contribution in [0.2, 0.25) is 0 Å². The van der Waals surface area contributed by atoms with Crippen LogP contribution in [0.1, 0.15) is 19.4 Å². The fourth-order valence-electron chi connectivity index (χ4n) is 1.85. The first-order chi connectivity index (χ1) is 10.4. The largest absolute Gasteiger partial charge is 0.354 e. The number of carbonyl (C=O) groups is 1. The van der Waals surface area contributed by atoms with Crippen LogP contribution in [0.5, 0.6) is 0 Å². The Balaban J connectivity index is 2.20. The van der Waals surface area contributed by atoms with Crippen LogP contribution in [-0.2, 0) is 4.79 Å². The number of hydrogen-bond donors (Lipinski definition) is 2. The molecule has 0 aliphatic carbocycles. The zero-order valence-electron chi connectivity index (χ0n) is 13.1. The quantitative estimate of drug-likeness (QED) is 0.767. The number of benzene rings is 2. The lowest BCUT2D eigenvalue weighted by atomic mass is 9.95. The van der Waals surface area contributed by atoms with Gasteiger partial charge in [-0.2, -0.15) is 0 Å². The van der Waals surface area contributed by atoms with Crippen LogP contribution < -0.4 is 10.6 Å². The van der Waals surface area contributed by atoms with E-state index in [0.29, 0.717) is 0 Å². The molecule has 0 aliphatic heterocycles. The third-order valence-corrected chi connectivity index (χ3v) is 4.12. The van der Waals surface area contributed by atoms with Crippen molar-refractivity contribution in [3.8, 4) is 0 Å². The van der Waals surface area contributed by atoms with E-state index in [1.807, 2.05) is 69.3 Å². The lowest BCUT2D eigenvalue weighted by molar-refractivity contribution is -0.122. The van der Waals surface area contributed by atoms with Crippen molar-refractivity contribution in [2.45, 2.75) is 20.8 Å². The molecule has 0 fully saturated rings. The molecule has 0 saturated carbocycles. The maximum atomic E-state index is 12.3. The maximum absolute atomic E-state index is 12.3. The predicted octanol–water partition coefficient (Wildman–Crippen LogP) is 4.94. The number of alkyl halides is 1. The monoisotopic (exact) mass is 316 g/mol. The highest BCUT2D eigenvalue weighted by atomic mass is 35.5. The Hall–Kier alpha value is -2.00. The Bertz CT molecular complexity index is 650. The Morgan fingerprint density at radius 2 is 1.64 bits per heavy atom. The van der Waals surface area contributed by atoms with Crippen molar-refractivity contribution < 1.29 is 4.79 Å². The lowest BCUT2D eigenvalue weighted by Crippen LogP contribution is -2.32. The molecular formula is C18H21ClN2O. The summed E-state index contributed by atoms with van der Waals surface area (Å²) in [5, 5.41) is 6.27. The van der Waals surface area contributed by atoms with Crippen molar-refractivity contribution in [3.63, 3.8) is 0 Å². The third-order valence-electron chi connectivity index (χ3n) is 3.45. The average molecular weight is 317 g/mol. The van der Waals surface area contributed by atoms with Gasteiger partial charge in [0.2, 0.25) is 5.91 Å². The SMILES string of the molecule is Cc1ccc(Nc2ccccc2NC(=O)C(C)(C)CCl)cc1. The van der Waals surface area contributed by atoms with Gasteiger partial charge in [0.1, 0.15) is 0 Å². The number of rotatable bonds is 5. The number of hydrogen-bond acceptors (Lipinski definition) is 2. The lowest BCUT2D eigenvalue weighted by Gasteiger charge is -2.22. The number of para-hydroxylation sites is 2. The van der Waals surface area contributed by atoms with Crippen LogP contribution in [0.15, 0.2) is 48.5 Å². The van der Waals surface area contributed by atoms with E-state index in [9.17, 15) is 4.79 Å². The van der Waals surface area contributed by atoms with Crippen molar-refractivity contribution in [2.24, 2.45) is 5.41 Å². The predicted molar refractivity (Wildman–Crippen MR) is 94.0 cm³/mol. The minimum atomic E-state index is -0.613. The molecule has 0 spiro atoms. The minimum Gasteiger partial charge on any atom is -0.354 e. The number of halogens is 1. The van der Waals surface area contributed by atoms with E-state index >= 15 is 0 Å². The molecule has 2 N–H and O–H groups in total. The molecule has 2 aromatic rings. The standard InChI is InChI=1S/C18H21ClN2O/c1-13-8-10-14(11-9-13)20-15-6-4-5-7-16(15)21-17(22)18(2,3)12-19/h4-11,20H,12H2,1-3H3,(H,21,22). The highest BCUT2D eigenvalue weighted by molar-refractivity contribution is 6.20. The Kier molecular flexibility index (Phi) is 5.09. The Morgan fingerprint density at radius 1 is 1.05 bits per heavy atom. The second kappa shape index (κ2) is 6.84. The first kappa shape index (κ1) is 16.4. The van der Waals surface area contributed by atoms with Gasteiger partial charge in [0.05, 0.1) is 16.8 Å². The molecule has 0 bridgehead atoms. The van der Waals surface area contributed by atoms with Gasteiger partial charge in [0, 0.05) is 11.6 Å². The van der Waals surface area contributed by atoms with E-state index < -0.39 is 5.41 Å². The molecule has 0 heterocycles. The van der Waals surface area contributed by atoms with Gasteiger partial charge in [-0.05, 0) is 45.0 Å². The van der Waals surface area contributed by atoms with Crippen LogP contribution in [0.4, 0.5) is 17.1 Å². The van der Waals surface area contributed by atoms with Crippen molar-refractivity contribution in [3.05, 3.63) is 54.1 Å². The van der Waals surface area contributed by atoms with Crippen LogP contribution >= 0.6 is 11.6 Å². The summed E-state index contributed by atoms with van der Waals surface area (Å²) in [7, 11) is 0. The van der Waals surface area contributed by atoms with Crippen molar-refractivity contribution in [1.82, 2.24) is 0 Å². The summed E-state index contributed by atoms with van der Waals surface area (Å²) in [5.41, 5.74) is 3.16. The van der Waals surface area contributed by atoms with E-state index in [-0.39, 0.29) is 11.8 Å². The average Bonchev–Trinajstić information content (AvgIpc) is 2.51. The fourth-order valence-corrected chi connectivity index (χ4v) is 1.97. The van der Waals surface area contributed by atoms with Crippen LogP contribution in [-0.4, -0.2) is 11.8 Å². The summed E-state index contributed by atoms with van der Waals surface area (Å²) in [5.74, 6) is 0.174. The highest BCUT2D eigenvalue weighted by Crippen LogP contribution is 2.28.